The van der Waals surface area contributed by atoms with Crippen LogP contribution in [0.1, 0.15) is 44.9 Å². The third kappa shape index (κ3) is 2.81. The Hall–Kier alpha value is -0.370. The molecule has 0 unspecified atom stereocenters. The second kappa shape index (κ2) is 4.92. The van der Waals surface area contributed by atoms with Crippen molar-refractivity contribution in [2.24, 2.45) is 5.92 Å². The predicted octanol–water partition coefficient (Wildman–Crippen LogP) is 2.23. The van der Waals surface area contributed by atoms with Gasteiger partial charge in [-0.25, -0.2) is 0 Å². The summed E-state index contributed by atoms with van der Waals surface area (Å²) in [5.74, 6) is 1.30. The highest BCUT2D eigenvalue weighted by Crippen LogP contribution is 2.23. The molecule has 0 atom stereocenters. The van der Waals surface area contributed by atoms with E-state index in [-0.39, 0.29) is 0 Å². The van der Waals surface area contributed by atoms with Gasteiger partial charge < -0.3 is 4.90 Å². The lowest BCUT2D eigenvalue weighted by molar-refractivity contribution is -0.121. The highest BCUT2D eigenvalue weighted by atomic mass is 16.1. The summed E-state index contributed by atoms with van der Waals surface area (Å²) >= 11 is 0. The maximum atomic E-state index is 11.1. The van der Waals surface area contributed by atoms with Gasteiger partial charge in [0, 0.05) is 19.4 Å². The monoisotopic (exact) mass is 195 g/mol. The molecule has 0 aromatic heterocycles. The molecule has 2 nitrogen and oxygen atoms in total. The molecule has 0 spiro atoms. The van der Waals surface area contributed by atoms with Crippen molar-refractivity contribution in [1.29, 1.82) is 0 Å². The normalized spacial score (nSPS) is 26.7. The molecule has 0 N–H and O–H groups in total. The van der Waals surface area contributed by atoms with E-state index in [1.54, 1.807) is 0 Å². The summed E-state index contributed by atoms with van der Waals surface area (Å²) in [5, 5.41) is 0. The van der Waals surface area contributed by atoms with Crippen LogP contribution in [0.25, 0.3) is 0 Å². The molecule has 0 aromatic carbocycles. The fraction of sp³-hybridized carbons (Fsp3) is 0.917. The topological polar surface area (TPSA) is 20.3 Å². The van der Waals surface area contributed by atoms with Crippen molar-refractivity contribution in [1.82, 2.24) is 4.90 Å². The fourth-order valence-corrected chi connectivity index (χ4v) is 2.69. The first-order valence-electron chi connectivity index (χ1n) is 6.08. The zero-order valence-electron chi connectivity index (χ0n) is 9.00. The van der Waals surface area contributed by atoms with E-state index in [4.69, 9.17) is 0 Å². The number of hydrogen-bond acceptors (Lipinski definition) is 2. The molecule has 2 rings (SSSR count). The molecular weight excluding hydrogens is 174 g/mol. The molecule has 0 bridgehead atoms. The molecule has 0 aromatic rings. The van der Waals surface area contributed by atoms with Gasteiger partial charge in [0.2, 0.25) is 0 Å². The summed E-state index contributed by atoms with van der Waals surface area (Å²) in [5.41, 5.74) is 0. The molecule has 1 aliphatic heterocycles. The number of nitrogens with zero attached hydrogens (tertiary/aromatic N) is 1. The first kappa shape index (κ1) is 10.2. The summed E-state index contributed by atoms with van der Waals surface area (Å²) in [6, 6.07) is 0. The molecule has 1 aliphatic carbocycles. The lowest BCUT2D eigenvalue weighted by Gasteiger charge is -2.31. The number of likely N-dealkylation sites (tertiary alicyclic amines) is 1. The number of ketones is 1. The molecule has 1 saturated carbocycles. The average molecular weight is 195 g/mol. The van der Waals surface area contributed by atoms with Crippen molar-refractivity contribution in [3.63, 3.8) is 0 Å². The van der Waals surface area contributed by atoms with Crippen LogP contribution in [0, 0.1) is 5.92 Å². The Morgan fingerprint density at radius 3 is 2.36 bits per heavy atom. The van der Waals surface area contributed by atoms with Gasteiger partial charge in [0.1, 0.15) is 5.78 Å². The summed E-state index contributed by atoms with van der Waals surface area (Å²) in [7, 11) is 0. The van der Waals surface area contributed by atoms with Gasteiger partial charge in [0.05, 0.1) is 0 Å². The molecular formula is C12H21NO. The van der Waals surface area contributed by atoms with Crippen LogP contribution in [0.4, 0.5) is 0 Å². The van der Waals surface area contributed by atoms with Crippen molar-refractivity contribution >= 4 is 5.78 Å². The Labute approximate surface area is 86.7 Å². The molecule has 1 saturated heterocycles. The van der Waals surface area contributed by atoms with Gasteiger partial charge in [0.25, 0.3) is 0 Å². The van der Waals surface area contributed by atoms with Gasteiger partial charge in [-0.1, -0.05) is 6.42 Å². The fourth-order valence-electron chi connectivity index (χ4n) is 2.69. The number of Topliss-reactive ketones (excluding diaryl/α,β-unsaturated/α-hetero) is 1. The van der Waals surface area contributed by atoms with Gasteiger partial charge in [-0.05, 0) is 44.7 Å². The Kier molecular flexibility index (Phi) is 3.57. The van der Waals surface area contributed by atoms with Crippen LogP contribution in [-0.4, -0.2) is 30.3 Å². The van der Waals surface area contributed by atoms with E-state index in [1.807, 2.05) is 0 Å². The van der Waals surface area contributed by atoms with Gasteiger partial charge in [-0.3, -0.25) is 4.79 Å². The second-order valence-electron chi connectivity index (χ2n) is 4.84. The van der Waals surface area contributed by atoms with E-state index in [0.29, 0.717) is 5.78 Å². The third-order valence-electron chi connectivity index (χ3n) is 3.63. The average Bonchev–Trinajstić information content (AvgIpc) is 2.23. The zero-order valence-corrected chi connectivity index (χ0v) is 9.00. The van der Waals surface area contributed by atoms with Crippen molar-refractivity contribution in [3.8, 4) is 0 Å². The number of piperidine rings is 1. The van der Waals surface area contributed by atoms with E-state index in [0.717, 1.165) is 31.6 Å². The maximum absolute atomic E-state index is 11.1. The smallest absolute Gasteiger partial charge is 0.132 e. The van der Waals surface area contributed by atoms with Crippen molar-refractivity contribution in [3.05, 3.63) is 0 Å². The SMILES string of the molecule is O=C1CCC(CN2CCCCC2)CC1. The maximum Gasteiger partial charge on any atom is 0.132 e. The molecule has 0 amide bonds. The first-order chi connectivity index (χ1) is 6.84. The summed E-state index contributed by atoms with van der Waals surface area (Å²) in [6.45, 7) is 3.85. The summed E-state index contributed by atoms with van der Waals surface area (Å²) in [6.07, 6.45) is 8.17. The van der Waals surface area contributed by atoms with Crippen LogP contribution >= 0.6 is 0 Å². The highest BCUT2D eigenvalue weighted by Gasteiger charge is 2.21. The van der Waals surface area contributed by atoms with Crippen LogP contribution in [0.5, 0.6) is 0 Å². The lowest BCUT2D eigenvalue weighted by atomic mass is 9.88. The highest BCUT2D eigenvalue weighted by molar-refractivity contribution is 5.79. The lowest BCUT2D eigenvalue weighted by Crippen LogP contribution is -2.35. The second-order valence-corrected chi connectivity index (χ2v) is 4.84. The molecule has 0 radical (unpaired) electrons. The largest absolute Gasteiger partial charge is 0.303 e. The van der Waals surface area contributed by atoms with Crippen LogP contribution in [0.15, 0.2) is 0 Å². The molecule has 14 heavy (non-hydrogen) atoms. The van der Waals surface area contributed by atoms with Crippen molar-refractivity contribution in [2.75, 3.05) is 19.6 Å². The first-order valence-corrected chi connectivity index (χ1v) is 6.08. The van der Waals surface area contributed by atoms with E-state index < -0.39 is 0 Å². The minimum Gasteiger partial charge on any atom is -0.303 e. The Balaban J connectivity index is 1.71. The Bertz CT molecular complexity index is 186. The van der Waals surface area contributed by atoms with Crippen molar-refractivity contribution < 1.29 is 4.79 Å². The van der Waals surface area contributed by atoms with Gasteiger partial charge in [-0.15, -0.1) is 0 Å². The summed E-state index contributed by atoms with van der Waals surface area (Å²) in [4.78, 5) is 13.7. The minimum absolute atomic E-state index is 0.486. The van der Waals surface area contributed by atoms with Gasteiger partial charge >= 0.3 is 0 Å². The van der Waals surface area contributed by atoms with Crippen molar-refractivity contribution in [2.45, 2.75) is 44.9 Å². The number of carbonyl (C=O) groups is 1. The molecule has 1 heterocycles. The van der Waals surface area contributed by atoms with E-state index in [1.165, 1.54) is 38.9 Å². The van der Waals surface area contributed by atoms with Crippen LogP contribution in [0.3, 0.4) is 0 Å². The third-order valence-corrected chi connectivity index (χ3v) is 3.63. The van der Waals surface area contributed by atoms with E-state index in [9.17, 15) is 4.79 Å². The molecule has 2 heteroatoms. The molecule has 80 valence electrons. The molecule has 2 fully saturated rings. The van der Waals surface area contributed by atoms with Crippen LogP contribution < -0.4 is 0 Å². The standard InChI is InChI=1S/C12H21NO/c14-12-6-4-11(5-7-12)10-13-8-2-1-3-9-13/h11H,1-10H2. The minimum atomic E-state index is 0.486. The Morgan fingerprint density at radius 2 is 1.71 bits per heavy atom. The summed E-state index contributed by atoms with van der Waals surface area (Å²) < 4.78 is 0. The van der Waals surface area contributed by atoms with E-state index >= 15 is 0 Å². The quantitative estimate of drug-likeness (QED) is 0.673. The number of hydrogen-bond donors (Lipinski definition) is 0. The number of carbonyl (C=O) groups excluding carboxylic acids is 1. The van der Waals surface area contributed by atoms with Crippen LogP contribution in [0.2, 0.25) is 0 Å². The zero-order chi connectivity index (χ0) is 9.80. The van der Waals surface area contributed by atoms with Gasteiger partial charge in [0.15, 0.2) is 0 Å². The predicted molar refractivity (Wildman–Crippen MR) is 57.3 cm³/mol. The van der Waals surface area contributed by atoms with Crippen LogP contribution in [-0.2, 0) is 4.79 Å². The Morgan fingerprint density at radius 1 is 1.07 bits per heavy atom. The van der Waals surface area contributed by atoms with Gasteiger partial charge in [-0.2, -0.15) is 0 Å². The van der Waals surface area contributed by atoms with E-state index in [2.05, 4.69) is 4.90 Å². The molecule has 2 aliphatic rings. The number of rotatable bonds is 2.